The Morgan fingerprint density at radius 2 is 2.08 bits per heavy atom. The number of nitrogens with zero attached hydrogens (tertiary/aromatic N) is 3. The first-order valence-corrected chi connectivity index (χ1v) is 10.1. The molecule has 0 spiro atoms. The fourth-order valence-electron chi connectivity index (χ4n) is 3.38. The summed E-state index contributed by atoms with van der Waals surface area (Å²) in [6, 6.07) is 0. The summed E-state index contributed by atoms with van der Waals surface area (Å²) >= 11 is 1.61. The number of amides is 2. The number of nitrogens with one attached hydrogen (secondary N) is 2. The highest BCUT2D eigenvalue weighted by molar-refractivity contribution is 7.97. The average molecular weight is 367 g/mol. The number of rotatable bonds is 6. The molecule has 2 fully saturated rings. The van der Waals surface area contributed by atoms with Gasteiger partial charge in [0, 0.05) is 26.2 Å². The Labute approximate surface area is 151 Å². The fraction of sp³-hybridized carbons (Fsp3) is 0.750. The first kappa shape index (κ1) is 18.2. The second kappa shape index (κ2) is 8.66. The highest BCUT2D eigenvalue weighted by Crippen LogP contribution is 2.21. The average Bonchev–Trinajstić information content (AvgIpc) is 3.31. The number of thioether (sulfide) groups is 1. The zero-order valence-electron chi connectivity index (χ0n) is 14.5. The molecule has 2 aliphatic heterocycles. The summed E-state index contributed by atoms with van der Waals surface area (Å²) in [6.45, 7) is 3.17. The Hall–Kier alpha value is -1.61. The molecule has 1 aromatic rings. The second-order valence-corrected chi connectivity index (χ2v) is 7.44. The van der Waals surface area contributed by atoms with Gasteiger partial charge in [-0.1, -0.05) is 5.16 Å². The van der Waals surface area contributed by atoms with Crippen LogP contribution in [0.4, 0.5) is 0 Å². The molecule has 2 atom stereocenters. The van der Waals surface area contributed by atoms with Crippen molar-refractivity contribution in [3.63, 3.8) is 0 Å². The van der Waals surface area contributed by atoms with Crippen LogP contribution >= 0.6 is 11.8 Å². The third kappa shape index (κ3) is 4.72. The van der Waals surface area contributed by atoms with Gasteiger partial charge in [-0.2, -0.15) is 16.7 Å². The molecule has 3 rings (SSSR count). The van der Waals surface area contributed by atoms with E-state index >= 15 is 0 Å². The lowest BCUT2D eigenvalue weighted by Crippen LogP contribution is -2.48. The van der Waals surface area contributed by atoms with Crippen molar-refractivity contribution in [1.82, 2.24) is 25.7 Å². The molecule has 0 saturated carbocycles. The fourth-order valence-corrected chi connectivity index (χ4v) is 3.76. The molecule has 138 valence electrons. The van der Waals surface area contributed by atoms with Crippen molar-refractivity contribution in [1.29, 1.82) is 0 Å². The lowest BCUT2D eigenvalue weighted by Gasteiger charge is -2.31. The quantitative estimate of drug-likeness (QED) is 0.750. The normalized spacial score (nSPS) is 23.6. The number of hydrogen-bond donors (Lipinski definition) is 2. The highest BCUT2D eigenvalue weighted by Gasteiger charge is 2.34. The molecular weight excluding hydrogens is 342 g/mol. The summed E-state index contributed by atoms with van der Waals surface area (Å²) < 4.78 is 5.12. The van der Waals surface area contributed by atoms with Gasteiger partial charge in [0.15, 0.2) is 5.82 Å². The van der Waals surface area contributed by atoms with Crippen molar-refractivity contribution < 1.29 is 14.1 Å². The number of likely N-dealkylation sites (tertiary alicyclic amines) is 1. The molecule has 8 nitrogen and oxygen atoms in total. The van der Waals surface area contributed by atoms with Crippen LogP contribution in [0.5, 0.6) is 0 Å². The number of carbonyl (C=O) groups is 2. The van der Waals surface area contributed by atoms with Gasteiger partial charge in [0.25, 0.3) is 0 Å². The van der Waals surface area contributed by atoms with E-state index in [0.29, 0.717) is 37.0 Å². The van der Waals surface area contributed by atoms with Gasteiger partial charge in [-0.15, -0.1) is 0 Å². The van der Waals surface area contributed by atoms with Crippen LogP contribution < -0.4 is 10.6 Å². The van der Waals surface area contributed by atoms with Crippen molar-refractivity contribution in [3.8, 4) is 0 Å². The largest absolute Gasteiger partial charge is 0.347 e. The van der Waals surface area contributed by atoms with Crippen molar-refractivity contribution in [3.05, 3.63) is 11.7 Å². The van der Waals surface area contributed by atoms with Crippen LogP contribution in [0.15, 0.2) is 4.52 Å². The van der Waals surface area contributed by atoms with Crippen LogP contribution in [0.1, 0.15) is 31.0 Å². The zero-order valence-corrected chi connectivity index (χ0v) is 15.3. The summed E-state index contributed by atoms with van der Waals surface area (Å²) in [4.78, 5) is 31.1. The van der Waals surface area contributed by atoms with Crippen molar-refractivity contribution in [2.24, 2.45) is 11.8 Å². The van der Waals surface area contributed by atoms with Gasteiger partial charge < -0.3 is 20.1 Å². The van der Waals surface area contributed by atoms with Crippen LogP contribution in [0.2, 0.25) is 0 Å². The van der Waals surface area contributed by atoms with Gasteiger partial charge in [0.1, 0.15) is 0 Å². The van der Waals surface area contributed by atoms with Crippen LogP contribution in [-0.2, 0) is 21.9 Å². The minimum Gasteiger partial charge on any atom is -0.347 e. The predicted octanol–water partition coefficient (Wildman–Crippen LogP) is 0.397. The molecule has 3 heterocycles. The summed E-state index contributed by atoms with van der Waals surface area (Å²) in [6.07, 6.45) is 4.72. The van der Waals surface area contributed by atoms with Crippen LogP contribution in [0.3, 0.4) is 0 Å². The molecule has 0 radical (unpaired) electrons. The van der Waals surface area contributed by atoms with E-state index in [0.717, 1.165) is 25.9 Å². The van der Waals surface area contributed by atoms with Gasteiger partial charge in [0.05, 0.1) is 24.1 Å². The smallest absolute Gasteiger partial charge is 0.246 e. The molecule has 2 aliphatic rings. The van der Waals surface area contributed by atoms with E-state index in [1.807, 2.05) is 11.2 Å². The summed E-state index contributed by atoms with van der Waals surface area (Å²) in [7, 11) is 0. The first-order chi connectivity index (χ1) is 12.2. The van der Waals surface area contributed by atoms with E-state index in [-0.39, 0.29) is 30.2 Å². The maximum absolute atomic E-state index is 12.5. The Bertz CT molecular complexity index is 602. The van der Waals surface area contributed by atoms with E-state index in [1.165, 1.54) is 0 Å². The first-order valence-electron chi connectivity index (χ1n) is 8.75. The SMILES string of the molecule is CSCc1noc(CNC(=O)[C@@H]2CNC[C@@H](C(=O)N3CCCC3)C2)n1. The maximum Gasteiger partial charge on any atom is 0.246 e. The predicted molar refractivity (Wildman–Crippen MR) is 93.6 cm³/mol. The highest BCUT2D eigenvalue weighted by atomic mass is 32.2. The zero-order chi connectivity index (χ0) is 17.6. The second-order valence-electron chi connectivity index (χ2n) is 6.58. The van der Waals surface area contributed by atoms with Gasteiger partial charge in [-0.25, -0.2) is 0 Å². The van der Waals surface area contributed by atoms with Crippen LogP contribution in [0.25, 0.3) is 0 Å². The van der Waals surface area contributed by atoms with Crippen molar-refractivity contribution in [2.75, 3.05) is 32.4 Å². The maximum atomic E-state index is 12.5. The van der Waals surface area contributed by atoms with E-state index in [2.05, 4.69) is 20.8 Å². The molecule has 1 aromatic heterocycles. The summed E-state index contributed by atoms with van der Waals surface area (Å²) in [5.41, 5.74) is 0. The molecular formula is C16H25N5O3S. The Kier molecular flexibility index (Phi) is 6.30. The van der Waals surface area contributed by atoms with Crippen molar-refractivity contribution >= 4 is 23.6 Å². The minimum absolute atomic E-state index is 0.0731. The van der Waals surface area contributed by atoms with E-state index in [9.17, 15) is 9.59 Å². The van der Waals surface area contributed by atoms with Gasteiger partial charge >= 0.3 is 0 Å². The van der Waals surface area contributed by atoms with Gasteiger partial charge in [-0.05, 0) is 25.5 Å². The molecule has 9 heteroatoms. The topological polar surface area (TPSA) is 100 Å². The minimum atomic E-state index is -0.209. The van der Waals surface area contributed by atoms with Gasteiger partial charge in [-0.3, -0.25) is 9.59 Å². The lowest BCUT2D eigenvalue weighted by atomic mass is 9.89. The number of aromatic nitrogens is 2. The van der Waals surface area contributed by atoms with Crippen LogP contribution in [-0.4, -0.2) is 59.3 Å². The molecule has 0 bridgehead atoms. The Morgan fingerprint density at radius 1 is 1.32 bits per heavy atom. The van der Waals surface area contributed by atoms with Crippen molar-refractivity contribution in [2.45, 2.75) is 31.6 Å². The Balaban J connectivity index is 1.48. The molecule has 0 unspecified atom stereocenters. The van der Waals surface area contributed by atoms with E-state index in [1.54, 1.807) is 11.8 Å². The third-order valence-electron chi connectivity index (χ3n) is 4.69. The molecule has 0 aliphatic carbocycles. The van der Waals surface area contributed by atoms with E-state index < -0.39 is 0 Å². The number of carbonyl (C=O) groups excluding carboxylic acids is 2. The molecule has 2 N–H and O–H groups in total. The number of hydrogen-bond acceptors (Lipinski definition) is 7. The number of piperidine rings is 1. The van der Waals surface area contributed by atoms with Crippen LogP contribution in [0, 0.1) is 11.8 Å². The van der Waals surface area contributed by atoms with Gasteiger partial charge in [0.2, 0.25) is 17.7 Å². The monoisotopic (exact) mass is 367 g/mol. The molecule has 25 heavy (non-hydrogen) atoms. The summed E-state index contributed by atoms with van der Waals surface area (Å²) in [5.74, 6) is 1.51. The molecule has 0 aromatic carbocycles. The third-order valence-corrected chi connectivity index (χ3v) is 5.23. The molecule has 2 saturated heterocycles. The standard InChI is InChI=1S/C16H25N5O3S/c1-25-10-13-19-14(24-20-13)9-18-15(22)11-6-12(8-17-7-11)16(23)21-4-2-3-5-21/h11-12,17H,2-10H2,1H3,(H,18,22)/t11-,12-/m0/s1. The Morgan fingerprint density at radius 3 is 2.84 bits per heavy atom. The van der Waals surface area contributed by atoms with E-state index in [4.69, 9.17) is 4.52 Å². The lowest BCUT2D eigenvalue weighted by molar-refractivity contribution is -0.136. The summed E-state index contributed by atoms with van der Waals surface area (Å²) in [5, 5.41) is 9.93. The molecule has 2 amide bonds.